The second kappa shape index (κ2) is 2.99. The molecule has 1 unspecified atom stereocenters. The molecule has 0 N–H and O–H groups in total. The average molecular weight is 240 g/mol. The number of halogens is 2. The molecule has 15 heavy (non-hydrogen) atoms. The molecule has 0 spiro atoms. The number of nitrogens with zero attached hydrogens (tertiary/aromatic N) is 1. The minimum Gasteiger partial charge on any atom is -0.293 e. The smallest absolute Gasteiger partial charge is 0.0595 e. The van der Waals surface area contributed by atoms with Crippen LogP contribution in [-0.4, -0.2) is 12.3 Å². The summed E-state index contributed by atoms with van der Waals surface area (Å²) in [5.41, 5.74) is 2.85. The van der Waals surface area contributed by atoms with Gasteiger partial charge in [-0.05, 0) is 31.0 Å². The summed E-state index contributed by atoms with van der Waals surface area (Å²) in [6, 6.07) is 5.97. The van der Waals surface area contributed by atoms with Gasteiger partial charge in [0, 0.05) is 23.6 Å². The van der Waals surface area contributed by atoms with E-state index >= 15 is 0 Å². The van der Waals surface area contributed by atoms with E-state index in [1.54, 1.807) is 0 Å². The van der Waals surface area contributed by atoms with Gasteiger partial charge in [0.05, 0.1) is 10.0 Å². The zero-order chi connectivity index (χ0) is 10.6. The fourth-order valence-corrected chi connectivity index (χ4v) is 2.92. The number of hydrogen-bond acceptors (Lipinski definition) is 1. The topological polar surface area (TPSA) is 12.4 Å². The van der Waals surface area contributed by atoms with Crippen LogP contribution in [0.5, 0.6) is 0 Å². The van der Waals surface area contributed by atoms with Crippen molar-refractivity contribution in [2.45, 2.75) is 18.8 Å². The molecular weight excluding hydrogens is 229 g/mol. The van der Waals surface area contributed by atoms with E-state index in [2.05, 4.69) is 18.0 Å². The van der Waals surface area contributed by atoms with Gasteiger partial charge in [0.25, 0.3) is 0 Å². The van der Waals surface area contributed by atoms with Crippen LogP contribution >= 0.6 is 23.2 Å². The van der Waals surface area contributed by atoms with E-state index in [0.29, 0.717) is 16.0 Å². The number of rotatable bonds is 1. The molecule has 1 aromatic carbocycles. The quantitative estimate of drug-likeness (QED) is 0.709. The Labute approximate surface area is 99.1 Å². The fourth-order valence-electron chi connectivity index (χ4n) is 2.62. The van der Waals surface area contributed by atoms with Gasteiger partial charge in [-0.2, -0.15) is 0 Å². The summed E-state index contributed by atoms with van der Waals surface area (Å²) in [6.45, 7) is 3.04. The molecule has 0 bridgehead atoms. The normalized spacial score (nSPS) is 32.5. The zero-order valence-electron chi connectivity index (χ0n) is 8.43. The third-order valence-electron chi connectivity index (χ3n) is 3.68. The molecule has 0 saturated heterocycles. The maximum Gasteiger partial charge on any atom is 0.0595 e. The molecule has 2 aliphatic rings. The van der Waals surface area contributed by atoms with Crippen LogP contribution in [0.4, 0.5) is 0 Å². The van der Waals surface area contributed by atoms with Crippen LogP contribution in [0.3, 0.4) is 0 Å². The molecule has 0 radical (unpaired) electrons. The van der Waals surface area contributed by atoms with E-state index < -0.39 is 0 Å². The Hall–Kier alpha value is -0.530. The number of aliphatic imine (C=N–C) groups is 1. The minimum atomic E-state index is 0.262. The minimum absolute atomic E-state index is 0.262. The molecule has 0 aromatic heterocycles. The number of hydrogen-bond donors (Lipinski definition) is 0. The highest BCUT2D eigenvalue weighted by molar-refractivity contribution is 6.42. The first kappa shape index (κ1) is 9.68. The molecule has 1 saturated carbocycles. The highest BCUT2D eigenvalue weighted by atomic mass is 35.5. The predicted molar refractivity (Wildman–Crippen MR) is 64.2 cm³/mol. The molecule has 1 aliphatic carbocycles. The van der Waals surface area contributed by atoms with E-state index in [9.17, 15) is 0 Å². The number of benzene rings is 1. The van der Waals surface area contributed by atoms with Gasteiger partial charge in [-0.1, -0.05) is 29.3 Å². The van der Waals surface area contributed by atoms with E-state index in [1.807, 2.05) is 12.1 Å². The van der Waals surface area contributed by atoms with Crippen LogP contribution < -0.4 is 0 Å². The molecular formula is C12H11Cl2N. The lowest BCUT2D eigenvalue weighted by Crippen LogP contribution is -2.10. The Morgan fingerprint density at radius 2 is 2.13 bits per heavy atom. The van der Waals surface area contributed by atoms with Gasteiger partial charge in [-0.25, -0.2) is 0 Å². The van der Waals surface area contributed by atoms with Crippen molar-refractivity contribution >= 4 is 28.9 Å². The standard InChI is InChI=1S/C12H11Cl2N/c1-7-9-5-12(9,6-15-7)8-2-3-10(13)11(14)4-8/h2-4,9H,5-6H2,1H3/t9?,12-/m0/s1. The average Bonchev–Trinajstić information content (AvgIpc) is 2.88. The first-order chi connectivity index (χ1) is 7.13. The Morgan fingerprint density at radius 1 is 1.33 bits per heavy atom. The summed E-state index contributed by atoms with van der Waals surface area (Å²) < 4.78 is 0. The molecule has 1 aromatic rings. The Morgan fingerprint density at radius 3 is 2.67 bits per heavy atom. The van der Waals surface area contributed by atoms with Crippen molar-refractivity contribution < 1.29 is 0 Å². The number of fused-ring (bicyclic) bond motifs is 1. The van der Waals surface area contributed by atoms with Crippen molar-refractivity contribution in [3.63, 3.8) is 0 Å². The SMILES string of the molecule is CC1=NC[C@]2(c3ccc(Cl)c(Cl)c3)CC12. The van der Waals surface area contributed by atoms with Gasteiger partial charge in [-0.15, -0.1) is 0 Å². The van der Waals surface area contributed by atoms with Gasteiger partial charge in [0.15, 0.2) is 0 Å². The lowest BCUT2D eigenvalue weighted by Gasteiger charge is -2.11. The molecule has 1 heterocycles. The molecule has 78 valence electrons. The van der Waals surface area contributed by atoms with Crippen LogP contribution in [0.25, 0.3) is 0 Å². The van der Waals surface area contributed by atoms with Gasteiger partial charge >= 0.3 is 0 Å². The second-order valence-corrected chi connectivity index (χ2v) is 5.31. The van der Waals surface area contributed by atoms with E-state index in [4.69, 9.17) is 23.2 Å². The Bertz CT molecular complexity index is 467. The van der Waals surface area contributed by atoms with Crippen molar-refractivity contribution in [2.24, 2.45) is 10.9 Å². The highest BCUT2D eigenvalue weighted by Gasteiger charge is 2.59. The second-order valence-electron chi connectivity index (χ2n) is 4.50. The molecule has 1 nitrogen and oxygen atoms in total. The first-order valence-electron chi connectivity index (χ1n) is 5.10. The molecule has 1 aliphatic heterocycles. The van der Waals surface area contributed by atoms with Crippen LogP contribution in [0, 0.1) is 5.92 Å². The fraction of sp³-hybridized carbons (Fsp3) is 0.417. The predicted octanol–water partition coefficient (Wildman–Crippen LogP) is 3.73. The summed E-state index contributed by atoms with van der Waals surface area (Å²) in [4.78, 5) is 4.51. The Balaban J connectivity index is 2.00. The lowest BCUT2D eigenvalue weighted by molar-refractivity contribution is 0.712. The summed E-state index contributed by atoms with van der Waals surface area (Å²) >= 11 is 12.0. The summed E-state index contributed by atoms with van der Waals surface area (Å²) in [6.07, 6.45) is 1.22. The maximum absolute atomic E-state index is 6.04. The van der Waals surface area contributed by atoms with Gasteiger partial charge < -0.3 is 0 Å². The molecule has 3 heteroatoms. The molecule has 3 rings (SSSR count). The summed E-state index contributed by atoms with van der Waals surface area (Å²) in [5.74, 6) is 0.648. The van der Waals surface area contributed by atoms with Gasteiger partial charge in [0.2, 0.25) is 0 Å². The van der Waals surface area contributed by atoms with Crippen LogP contribution in [-0.2, 0) is 5.41 Å². The van der Waals surface area contributed by atoms with Gasteiger partial charge in [-0.3, -0.25) is 4.99 Å². The van der Waals surface area contributed by atoms with Crippen molar-refractivity contribution in [1.82, 2.24) is 0 Å². The van der Waals surface area contributed by atoms with Crippen molar-refractivity contribution in [3.8, 4) is 0 Å². The lowest BCUT2D eigenvalue weighted by atomic mass is 9.94. The van der Waals surface area contributed by atoms with E-state index in [1.165, 1.54) is 17.7 Å². The van der Waals surface area contributed by atoms with E-state index in [-0.39, 0.29) is 5.41 Å². The van der Waals surface area contributed by atoms with Crippen molar-refractivity contribution in [2.75, 3.05) is 6.54 Å². The third-order valence-corrected chi connectivity index (χ3v) is 4.42. The monoisotopic (exact) mass is 239 g/mol. The molecule has 2 atom stereocenters. The zero-order valence-corrected chi connectivity index (χ0v) is 9.94. The highest BCUT2D eigenvalue weighted by Crippen LogP contribution is 2.58. The molecule has 1 fully saturated rings. The largest absolute Gasteiger partial charge is 0.293 e. The summed E-state index contributed by atoms with van der Waals surface area (Å²) in [7, 11) is 0. The van der Waals surface area contributed by atoms with Crippen molar-refractivity contribution in [3.05, 3.63) is 33.8 Å². The van der Waals surface area contributed by atoms with Crippen LogP contribution in [0.1, 0.15) is 18.9 Å². The third kappa shape index (κ3) is 1.26. The summed E-state index contributed by atoms with van der Waals surface area (Å²) in [5, 5.41) is 1.28. The van der Waals surface area contributed by atoms with Crippen LogP contribution in [0.15, 0.2) is 23.2 Å². The van der Waals surface area contributed by atoms with Gasteiger partial charge in [0.1, 0.15) is 0 Å². The van der Waals surface area contributed by atoms with E-state index in [0.717, 1.165) is 6.54 Å². The first-order valence-corrected chi connectivity index (χ1v) is 5.85. The maximum atomic E-state index is 6.04. The molecule has 0 amide bonds. The van der Waals surface area contributed by atoms with Crippen LogP contribution in [0.2, 0.25) is 10.0 Å². The Kier molecular flexibility index (Phi) is 1.93. The van der Waals surface area contributed by atoms with Crippen molar-refractivity contribution in [1.29, 1.82) is 0 Å².